The third-order valence-electron chi connectivity index (χ3n) is 4.98. The zero-order chi connectivity index (χ0) is 16.8. The van der Waals surface area contributed by atoms with E-state index in [4.69, 9.17) is 0 Å². The zero-order valence-corrected chi connectivity index (χ0v) is 13.4. The molecule has 1 N–H and O–H groups in total. The van der Waals surface area contributed by atoms with Crippen LogP contribution < -0.4 is 5.32 Å². The van der Waals surface area contributed by atoms with Crippen molar-refractivity contribution in [2.75, 3.05) is 5.32 Å². The molecule has 1 aromatic heterocycles. The van der Waals surface area contributed by atoms with Crippen molar-refractivity contribution in [2.45, 2.75) is 31.6 Å². The molecule has 24 heavy (non-hydrogen) atoms. The van der Waals surface area contributed by atoms with Gasteiger partial charge in [0, 0.05) is 18.9 Å². The van der Waals surface area contributed by atoms with Crippen LogP contribution in [0, 0.1) is 11.8 Å². The van der Waals surface area contributed by atoms with Gasteiger partial charge in [-0.2, -0.15) is 5.10 Å². The number of aromatic nitrogens is 2. The summed E-state index contributed by atoms with van der Waals surface area (Å²) in [7, 11) is 1.53. The summed E-state index contributed by atoms with van der Waals surface area (Å²) in [4.78, 5) is 12.5. The molecule has 126 valence electrons. The number of rotatable bonds is 5. The number of carbonyl (C=O) groups is 1. The molecule has 0 bridgehead atoms. The molecule has 2 atom stereocenters. The smallest absolute Gasteiger partial charge is 0.282 e. The largest absolute Gasteiger partial charge is 0.322 e. The lowest BCUT2D eigenvalue weighted by Crippen LogP contribution is -2.14. The van der Waals surface area contributed by atoms with E-state index in [2.05, 4.69) is 10.4 Å². The van der Waals surface area contributed by atoms with Gasteiger partial charge in [0.15, 0.2) is 0 Å². The Morgan fingerprint density at radius 3 is 2.79 bits per heavy atom. The lowest BCUT2D eigenvalue weighted by molar-refractivity contribution is 0.101. The van der Waals surface area contributed by atoms with Gasteiger partial charge in [0.1, 0.15) is 5.69 Å². The quantitative estimate of drug-likeness (QED) is 0.896. The monoisotopic (exact) mass is 331 g/mol. The molecule has 0 spiro atoms. The van der Waals surface area contributed by atoms with Gasteiger partial charge in [0.25, 0.3) is 12.3 Å². The van der Waals surface area contributed by atoms with Crippen LogP contribution in [0.1, 0.15) is 53.2 Å². The van der Waals surface area contributed by atoms with Crippen molar-refractivity contribution in [1.29, 1.82) is 0 Å². The second-order valence-corrected chi connectivity index (χ2v) is 6.79. The number of para-hydroxylation sites is 1. The van der Waals surface area contributed by atoms with E-state index in [9.17, 15) is 13.6 Å². The average molecular weight is 331 g/mol. The van der Waals surface area contributed by atoms with Crippen LogP contribution in [0.3, 0.4) is 0 Å². The molecule has 2 aliphatic carbocycles. The van der Waals surface area contributed by atoms with E-state index in [1.165, 1.54) is 30.8 Å². The van der Waals surface area contributed by atoms with Crippen LogP contribution in [0.25, 0.3) is 0 Å². The van der Waals surface area contributed by atoms with Crippen molar-refractivity contribution >= 4 is 11.6 Å². The summed E-state index contributed by atoms with van der Waals surface area (Å²) < 4.78 is 27.3. The summed E-state index contributed by atoms with van der Waals surface area (Å²) in [6.45, 7) is 0. The van der Waals surface area contributed by atoms with Crippen LogP contribution in [-0.2, 0) is 7.05 Å². The Morgan fingerprint density at radius 2 is 2.08 bits per heavy atom. The van der Waals surface area contributed by atoms with E-state index in [0.29, 0.717) is 5.92 Å². The number of amides is 1. The molecule has 1 amide bonds. The third-order valence-corrected chi connectivity index (χ3v) is 4.98. The molecule has 2 fully saturated rings. The second-order valence-electron chi connectivity index (χ2n) is 6.79. The van der Waals surface area contributed by atoms with Crippen molar-refractivity contribution in [3.8, 4) is 0 Å². The van der Waals surface area contributed by atoms with Gasteiger partial charge in [-0.05, 0) is 48.6 Å². The second kappa shape index (κ2) is 5.69. The minimum Gasteiger partial charge on any atom is -0.322 e. The number of nitrogens with one attached hydrogen (secondary N) is 1. The van der Waals surface area contributed by atoms with Crippen molar-refractivity contribution in [2.24, 2.45) is 18.9 Å². The first kappa shape index (κ1) is 15.3. The maximum Gasteiger partial charge on any atom is 0.282 e. The van der Waals surface area contributed by atoms with Gasteiger partial charge in [0.05, 0.1) is 5.56 Å². The summed E-state index contributed by atoms with van der Waals surface area (Å²) in [5.41, 5.74) is 1.29. The van der Waals surface area contributed by atoms with E-state index >= 15 is 0 Å². The first-order valence-corrected chi connectivity index (χ1v) is 8.26. The van der Waals surface area contributed by atoms with Gasteiger partial charge < -0.3 is 5.32 Å². The molecule has 4 rings (SSSR count). The predicted octanol–water partition coefficient (Wildman–Crippen LogP) is 4.12. The van der Waals surface area contributed by atoms with E-state index in [0.717, 1.165) is 29.5 Å². The number of hydrogen-bond acceptors (Lipinski definition) is 2. The highest BCUT2D eigenvalue weighted by Crippen LogP contribution is 2.60. The van der Waals surface area contributed by atoms with Crippen molar-refractivity contribution in [1.82, 2.24) is 9.78 Å². The minimum absolute atomic E-state index is 0.0724. The van der Waals surface area contributed by atoms with Crippen LogP contribution in [0.4, 0.5) is 14.5 Å². The Balaban J connectivity index is 1.56. The molecule has 1 unspecified atom stereocenters. The minimum atomic E-state index is -2.77. The third kappa shape index (κ3) is 2.81. The van der Waals surface area contributed by atoms with Gasteiger partial charge >= 0.3 is 0 Å². The summed E-state index contributed by atoms with van der Waals surface area (Å²) in [6, 6.07) is 7.68. The molecule has 0 saturated heterocycles. The van der Waals surface area contributed by atoms with Crippen molar-refractivity contribution < 1.29 is 13.6 Å². The number of benzene rings is 1. The summed E-state index contributed by atoms with van der Waals surface area (Å²) >= 11 is 0. The van der Waals surface area contributed by atoms with Gasteiger partial charge in [-0.25, -0.2) is 8.78 Å². The highest BCUT2D eigenvalue weighted by Gasteiger charge is 2.48. The number of halogens is 2. The maximum atomic E-state index is 13.0. The van der Waals surface area contributed by atoms with Crippen molar-refractivity contribution in [3.63, 3.8) is 0 Å². The molecule has 4 nitrogen and oxygen atoms in total. The predicted molar refractivity (Wildman–Crippen MR) is 86.1 cm³/mol. The van der Waals surface area contributed by atoms with Gasteiger partial charge in [0.2, 0.25) is 0 Å². The Bertz CT molecular complexity index is 782. The highest BCUT2D eigenvalue weighted by atomic mass is 19.3. The van der Waals surface area contributed by atoms with Crippen LogP contribution in [0.5, 0.6) is 0 Å². The number of aryl methyl sites for hydroxylation is 1. The molecule has 1 aromatic carbocycles. The molecule has 2 aliphatic rings. The molecule has 6 heteroatoms. The maximum absolute atomic E-state index is 13.0. The molecule has 1 heterocycles. The Hall–Kier alpha value is -2.24. The fraction of sp³-hybridized carbons (Fsp3) is 0.444. The molecule has 2 saturated carbocycles. The molecule has 0 aliphatic heterocycles. The summed E-state index contributed by atoms with van der Waals surface area (Å²) in [5.74, 6) is 1.51. The van der Waals surface area contributed by atoms with Crippen LogP contribution in [0.15, 0.2) is 30.5 Å². The van der Waals surface area contributed by atoms with E-state index < -0.39 is 18.0 Å². The Labute approximate surface area is 138 Å². The number of anilines is 1. The van der Waals surface area contributed by atoms with Gasteiger partial charge in [-0.15, -0.1) is 0 Å². The van der Waals surface area contributed by atoms with E-state index in [1.54, 1.807) is 0 Å². The number of carbonyl (C=O) groups excluding carboxylic acids is 1. The average Bonchev–Trinajstić information content (AvgIpc) is 3.44. The lowest BCUT2D eigenvalue weighted by Gasteiger charge is -2.11. The molecular formula is C18H19F2N3O. The van der Waals surface area contributed by atoms with Crippen molar-refractivity contribution in [3.05, 3.63) is 47.3 Å². The molecular weight excluding hydrogens is 312 g/mol. The Morgan fingerprint density at radius 1 is 1.33 bits per heavy atom. The fourth-order valence-electron chi connectivity index (χ4n) is 3.58. The van der Waals surface area contributed by atoms with Gasteiger partial charge in [-0.3, -0.25) is 9.48 Å². The summed E-state index contributed by atoms with van der Waals surface area (Å²) in [5, 5.41) is 6.50. The molecule has 0 radical (unpaired) electrons. The van der Waals surface area contributed by atoms with Crippen LogP contribution >= 0.6 is 0 Å². The lowest BCUT2D eigenvalue weighted by atomic mass is 10.0. The summed E-state index contributed by atoms with van der Waals surface area (Å²) in [6.07, 6.45) is 2.34. The zero-order valence-electron chi connectivity index (χ0n) is 13.4. The van der Waals surface area contributed by atoms with Gasteiger partial charge in [-0.1, -0.05) is 18.2 Å². The fourth-order valence-corrected chi connectivity index (χ4v) is 3.58. The number of alkyl halides is 2. The number of hydrogen-bond donors (Lipinski definition) is 1. The van der Waals surface area contributed by atoms with Crippen LogP contribution in [-0.4, -0.2) is 15.7 Å². The SMILES string of the molecule is Cn1cc(C(=O)Nc2ccccc2[C@@H]2CC2C2CC2)c(C(F)F)n1. The van der Waals surface area contributed by atoms with E-state index in [1.807, 2.05) is 24.3 Å². The molecule has 2 aromatic rings. The normalized spacial score (nSPS) is 22.7. The highest BCUT2D eigenvalue weighted by molar-refractivity contribution is 6.05. The topological polar surface area (TPSA) is 46.9 Å². The number of nitrogens with zero attached hydrogens (tertiary/aromatic N) is 2. The van der Waals surface area contributed by atoms with Crippen LogP contribution in [0.2, 0.25) is 0 Å². The Kier molecular flexibility index (Phi) is 3.62. The van der Waals surface area contributed by atoms with E-state index in [-0.39, 0.29) is 5.56 Å². The first-order chi connectivity index (χ1) is 11.5. The first-order valence-electron chi connectivity index (χ1n) is 8.26. The standard InChI is InChI=1S/C18H19F2N3O/c1-23-9-14(16(22-23)17(19)20)18(24)21-15-5-3-2-4-11(15)13-8-12(13)10-6-7-10/h2-5,9-10,12-13,17H,6-8H2,1H3,(H,21,24)/t12?,13-/m0/s1.